The van der Waals surface area contributed by atoms with Crippen LogP contribution < -0.4 is 15.4 Å². The molecule has 0 bridgehead atoms. The predicted octanol–water partition coefficient (Wildman–Crippen LogP) is 6.19. The van der Waals surface area contributed by atoms with Crippen molar-refractivity contribution in [3.63, 3.8) is 0 Å². The minimum atomic E-state index is -0.313. The molecule has 0 amide bonds. The number of aromatic nitrogens is 2. The fourth-order valence-corrected chi connectivity index (χ4v) is 5.50. The van der Waals surface area contributed by atoms with Gasteiger partial charge in [0.25, 0.3) is 0 Å². The first-order valence-corrected chi connectivity index (χ1v) is 13.0. The lowest BCUT2D eigenvalue weighted by Gasteiger charge is -2.36. The van der Waals surface area contributed by atoms with Crippen molar-refractivity contribution < 1.29 is 9.13 Å². The number of para-hydroxylation sites is 1. The van der Waals surface area contributed by atoms with E-state index < -0.39 is 0 Å². The molecule has 0 radical (unpaired) electrons. The normalized spacial score (nSPS) is 22.7. The first-order valence-electron chi connectivity index (χ1n) is 13.0. The number of halogens is 1. The van der Waals surface area contributed by atoms with Gasteiger partial charge in [-0.15, -0.1) is 0 Å². The van der Waals surface area contributed by atoms with Gasteiger partial charge in [0.2, 0.25) is 5.95 Å². The number of hydrogen-bond donors (Lipinski definition) is 2. The Bertz CT molecular complexity index is 1240. The quantitative estimate of drug-likeness (QED) is 0.419. The summed E-state index contributed by atoms with van der Waals surface area (Å²) in [6.45, 7) is 0. The lowest BCUT2D eigenvalue weighted by atomic mass is 9.75. The number of rotatable bonds is 6. The molecule has 1 aliphatic carbocycles. The van der Waals surface area contributed by atoms with Crippen LogP contribution in [0.5, 0.6) is 5.75 Å². The van der Waals surface area contributed by atoms with Crippen molar-refractivity contribution in [3.05, 3.63) is 66.2 Å². The van der Waals surface area contributed by atoms with E-state index in [1.807, 2.05) is 30.3 Å². The number of hydrogen-bond acceptors (Lipinski definition) is 6. The van der Waals surface area contributed by atoms with E-state index >= 15 is 0 Å². The standard InChI is InChI=1S/C29H35FN6O/c1-36(2)21-12-8-19(9-13-21)23-16-17-26-27(34-28(23)33-25-7-5-4-6-24(25)30)18-31-29(35-26)32-20-10-14-22(37-3)15-11-20/h4-7,10-11,14-15,18-19,21,23H,8-9,12-13,16-17H2,1-3H3,(H,33,34)(H,31,32,35). The molecule has 1 saturated carbocycles. The van der Waals surface area contributed by atoms with Gasteiger partial charge in [-0.05, 0) is 94.9 Å². The molecule has 8 heteroatoms. The molecule has 3 aromatic rings. The second-order valence-corrected chi connectivity index (χ2v) is 10.2. The fourth-order valence-electron chi connectivity index (χ4n) is 5.50. The first-order chi connectivity index (χ1) is 18.0. The number of ether oxygens (including phenoxy) is 1. The zero-order valence-electron chi connectivity index (χ0n) is 21.7. The summed E-state index contributed by atoms with van der Waals surface area (Å²) >= 11 is 0. The maximum atomic E-state index is 14.6. The molecule has 1 aromatic heterocycles. The van der Waals surface area contributed by atoms with Crippen molar-refractivity contribution in [2.24, 2.45) is 16.8 Å². The average Bonchev–Trinajstić information content (AvgIpc) is 3.09. The largest absolute Gasteiger partial charge is 0.497 e. The summed E-state index contributed by atoms with van der Waals surface area (Å²) in [6.07, 6.45) is 8.12. The van der Waals surface area contributed by atoms with Crippen LogP contribution in [0.15, 0.2) is 59.7 Å². The molecule has 2 heterocycles. The highest BCUT2D eigenvalue weighted by Gasteiger charge is 2.33. The van der Waals surface area contributed by atoms with Gasteiger partial charge in [-0.3, -0.25) is 0 Å². The van der Waals surface area contributed by atoms with Crippen molar-refractivity contribution >= 4 is 28.8 Å². The molecule has 2 aromatic carbocycles. The van der Waals surface area contributed by atoms with E-state index in [1.165, 1.54) is 18.9 Å². The van der Waals surface area contributed by atoms with E-state index in [0.717, 1.165) is 54.3 Å². The van der Waals surface area contributed by atoms with Crippen molar-refractivity contribution in [2.75, 3.05) is 31.8 Å². The van der Waals surface area contributed by atoms with Crippen LogP contribution in [0.1, 0.15) is 37.8 Å². The van der Waals surface area contributed by atoms with Crippen molar-refractivity contribution in [2.45, 2.75) is 44.6 Å². The molecule has 1 fully saturated rings. The van der Waals surface area contributed by atoms with E-state index in [1.54, 1.807) is 25.4 Å². The lowest BCUT2D eigenvalue weighted by molar-refractivity contribution is 0.174. The summed E-state index contributed by atoms with van der Waals surface area (Å²) in [5, 5.41) is 6.81. The van der Waals surface area contributed by atoms with Crippen LogP contribution in [0.4, 0.5) is 27.4 Å². The van der Waals surface area contributed by atoms with Gasteiger partial charge in [-0.1, -0.05) is 12.1 Å². The highest BCUT2D eigenvalue weighted by Crippen LogP contribution is 2.38. The van der Waals surface area contributed by atoms with Gasteiger partial charge in [0.1, 0.15) is 23.1 Å². The summed E-state index contributed by atoms with van der Waals surface area (Å²) in [6, 6.07) is 15.0. The van der Waals surface area contributed by atoms with E-state index in [9.17, 15) is 4.39 Å². The van der Waals surface area contributed by atoms with Gasteiger partial charge in [0.15, 0.2) is 0 Å². The molecule has 2 aliphatic rings. The molecule has 7 nitrogen and oxygen atoms in total. The molecule has 194 valence electrons. The number of fused-ring (bicyclic) bond motifs is 1. The van der Waals surface area contributed by atoms with Crippen LogP contribution in [0.2, 0.25) is 0 Å². The van der Waals surface area contributed by atoms with Crippen LogP contribution >= 0.6 is 0 Å². The second kappa shape index (κ2) is 11.3. The average molecular weight is 503 g/mol. The molecule has 1 atom stereocenters. The molecule has 2 N–H and O–H groups in total. The number of methoxy groups -OCH3 is 1. The molecule has 37 heavy (non-hydrogen) atoms. The van der Waals surface area contributed by atoms with Crippen LogP contribution in [0.25, 0.3) is 0 Å². The molecule has 0 spiro atoms. The van der Waals surface area contributed by atoms with Crippen LogP contribution in [-0.2, 0) is 6.42 Å². The highest BCUT2D eigenvalue weighted by molar-refractivity contribution is 6.00. The Hall–Kier alpha value is -3.52. The Morgan fingerprint density at radius 1 is 1.03 bits per heavy atom. The Kier molecular flexibility index (Phi) is 7.65. The number of nitrogens with one attached hydrogen (secondary N) is 2. The minimum absolute atomic E-state index is 0.204. The summed E-state index contributed by atoms with van der Waals surface area (Å²) in [7, 11) is 5.97. The Morgan fingerprint density at radius 3 is 2.49 bits per heavy atom. The number of aliphatic imine (C=N–C) groups is 1. The smallest absolute Gasteiger partial charge is 0.227 e. The fraction of sp³-hybridized carbons (Fsp3) is 0.414. The van der Waals surface area contributed by atoms with E-state index in [0.29, 0.717) is 23.6 Å². The maximum absolute atomic E-state index is 14.6. The third-order valence-corrected chi connectivity index (χ3v) is 7.65. The van der Waals surface area contributed by atoms with Crippen molar-refractivity contribution in [1.29, 1.82) is 0 Å². The van der Waals surface area contributed by atoms with E-state index in [2.05, 4.69) is 34.6 Å². The molecular formula is C29H35FN6O. The SMILES string of the molecule is COc1ccc(Nc2ncc3c(n2)CCC(C2CCC(N(C)C)CC2)C(=Nc2ccccc2F)N3)cc1. The van der Waals surface area contributed by atoms with Gasteiger partial charge in [0.05, 0.1) is 24.7 Å². The lowest BCUT2D eigenvalue weighted by Crippen LogP contribution is -2.36. The predicted molar refractivity (Wildman–Crippen MR) is 147 cm³/mol. The molecule has 1 aliphatic heterocycles. The summed E-state index contributed by atoms with van der Waals surface area (Å²) < 4.78 is 19.8. The number of nitrogens with zero attached hydrogens (tertiary/aromatic N) is 4. The third kappa shape index (κ3) is 5.91. The molecule has 1 unspecified atom stereocenters. The Morgan fingerprint density at radius 2 is 1.78 bits per heavy atom. The third-order valence-electron chi connectivity index (χ3n) is 7.65. The summed E-state index contributed by atoms with van der Waals surface area (Å²) in [5.74, 6) is 2.54. The molecular weight excluding hydrogens is 467 g/mol. The van der Waals surface area contributed by atoms with Gasteiger partial charge in [-0.25, -0.2) is 19.4 Å². The van der Waals surface area contributed by atoms with Gasteiger partial charge >= 0.3 is 0 Å². The van der Waals surface area contributed by atoms with Gasteiger partial charge < -0.3 is 20.3 Å². The van der Waals surface area contributed by atoms with Crippen molar-refractivity contribution in [3.8, 4) is 5.75 Å². The zero-order chi connectivity index (χ0) is 25.8. The minimum Gasteiger partial charge on any atom is -0.497 e. The van der Waals surface area contributed by atoms with E-state index in [-0.39, 0.29) is 11.7 Å². The van der Waals surface area contributed by atoms with E-state index in [4.69, 9.17) is 14.7 Å². The Labute approximate surface area is 218 Å². The monoisotopic (exact) mass is 502 g/mol. The second-order valence-electron chi connectivity index (χ2n) is 10.2. The van der Waals surface area contributed by atoms with Gasteiger partial charge in [-0.2, -0.15) is 0 Å². The number of benzene rings is 2. The topological polar surface area (TPSA) is 74.7 Å². The molecule has 0 saturated heterocycles. The van der Waals surface area contributed by atoms with Crippen LogP contribution in [0, 0.1) is 17.7 Å². The summed E-state index contributed by atoms with van der Waals surface area (Å²) in [5.41, 5.74) is 3.02. The van der Waals surface area contributed by atoms with Gasteiger partial charge in [0, 0.05) is 17.6 Å². The van der Waals surface area contributed by atoms with Crippen LogP contribution in [-0.4, -0.2) is 48.0 Å². The zero-order valence-corrected chi connectivity index (χ0v) is 21.7. The number of amidine groups is 1. The Balaban J connectivity index is 1.41. The highest BCUT2D eigenvalue weighted by atomic mass is 19.1. The molecule has 5 rings (SSSR count). The number of anilines is 3. The summed E-state index contributed by atoms with van der Waals surface area (Å²) in [4.78, 5) is 16.5. The number of aryl methyl sites for hydroxylation is 1. The van der Waals surface area contributed by atoms with Crippen LogP contribution in [0.3, 0.4) is 0 Å². The van der Waals surface area contributed by atoms with Crippen molar-refractivity contribution in [1.82, 2.24) is 14.9 Å². The maximum Gasteiger partial charge on any atom is 0.227 e. The first kappa shape index (κ1) is 25.1.